The summed E-state index contributed by atoms with van der Waals surface area (Å²) in [5.41, 5.74) is 6.73. The van der Waals surface area contributed by atoms with Crippen LogP contribution in [0.3, 0.4) is 0 Å². The highest BCUT2D eigenvalue weighted by Gasteiger charge is 2.15. The molecule has 4 N–H and O–H groups in total. The topological polar surface area (TPSA) is 106 Å². The molecule has 0 unspecified atom stereocenters. The number of hydrogen-bond donors (Lipinski definition) is 3. The van der Waals surface area contributed by atoms with Crippen molar-refractivity contribution in [2.24, 2.45) is 0 Å². The summed E-state index contributed by atoms with van der Waals surface area (Å²) in [5, 5.41) is 3.48. The van der Waals surface area contributed by atoms with E-state index in [1.165, 1.54) is 18.3 Å². The van der Waals surface area contributed by atoms with Gasteiger partial charge in [0.05, 0.1) is 18.6 Å². The molecule has 0 saturated carbocycles. The predicted molar refractivity (Wildman–Crippen MR) is 107 cm³/mol. The molecule has 1 amide bonds. The minimum atomic E-state index is -0.563. The highest BCUT2D eigenvalue weighted by molar-refractivity contribution is 5.98. The van der Waals surface area contributed by atoms with Crippen LogP contribution in [0.2, 0.25) is 0 Å². The number of aromatic nitrogens is 2. The fraction of sp³-hybridized carbons (Fsp3) is 0.300. The number of fused-ring (bicyclic) bond motifs is 1. The number of nitrogen functional groups attached to an aromatic ring is 1. The van der Waals surface area contributed by atoms with Gasteiger partial charge in [0.2, 0.25) is 0 Å². The molecule has 0 radical (unpaired) electrons. The number of amides is 1. The summed E-state index contributed by atoms with van der Waals surface area (Å²) in [7, 11) is 0. The van der Waals surface area contributed by atoms with E-state index in [0.29, 0.717) is 34.7 Å². The SMILES string of the molecule is Nc1ccc(Oc2ccnc3[nH]c(C(=O)NCCN4CCOCC4)cc23)c(F)c1. The summed E-state index contributed by atoms with van der Waals surface area (Å²) in [6.45, 7) is 4.47. The molecule has 29 heavy (non-hydrogen) atoms. The molecule has 1 saturated heterocycles. The Morgan fingerprint density at radius 1 is 1.28 bits per heavy atom. The zero-order valence-corrected chi connectivity index (χ0v) is 15.8. The molecule has 0 spiro atoms. The number of nitrogens with zero attached hydrogens (tertiary/aromatic N) is 2. The lowest BCUT2D eigenvalue weighted by atomic mass is 10.2. The number of morpholine rings is 1. The number of nitrogens with two attached hydrogens (primary N) is 1. The molecule has 1 aliphatic rings. The van der Waals surface area contributed by atoms with Crippen molar-refractivity contribution < 1.29 is 18.7 Å². The third-order valence-electron chi connectivity index (χ3n) is 4.73. The number of aromatic amines is 1. The molecule has 2 aromatic heterocycles. The molecular weight excluding hydrogens is 377 g/mol. The van der Waals surface area contributed by atoms with Gasteiger partial charge in [0.15, 0.2) is 11.6 Å². The van der Waals surface area contributed by atoms with E-state index in [9.17, 15) is 9.18 Å². The van der Waals surface area contributed by atoms with Crippen molar-refractivity contribution in [1.29, 1.82) is 0 Å². The second kappa shape index (κ2) is 8.46. The highest BCUT2D eigenvalue weighted by atomic mass is 19.1. The third kappa shape index (κ3) is 4.47. The zero-order valence-electron chi connectivity index (χ0n) is 15.8. The van der Waals surface area contributed by atoms with Gasteiger partial charge < -0.3 is 25.5 Å². The van der Waals surface area contributed by atoms with Crippen LogP contribution in [-0.2, 0) is 4.74 Å². The second-order valence-corrected chi connectivity index (χ2v) is 6.76. The first kappa shape index (κ1) is 19.2. The molecule has 0 bridgehead atoms. The van der Waals surface area contributed by atoms with Crippen LogP contribution in [0.15, 0.2) is 36.5 Å². The van der Waals surface area contributed by atoms with Crippen LogP contribution in [-0.4, -0.2) is 60.2 Å². The minimum absolute atomic E-state index is 0.0458. The molecule has 1 aliphatic heterocycles. The first-order chi connectivity index (χ1) is 14.1. The average Bonchev–Trinajstić information content (AvgIpc) is 3.16. The fourth-order valence-electron chi connectivity index (χ4n) is 3.18. The van der Waals surface area contributed by atoms with Gasteiger partial charge in [0.1, 0.15) is 17.1 Å². The number of rotatable bonds is 6. The van der Waals surface area contributed by atoms with E-state index >= 15 is 0 Å². The van der Waals surface area contributed by atoms with Gasteiger partial charge in [-0.05, 0) is 24.3 Å². The maximum absolute atomic E-state index is 14.1. The monoisotopic (exact) mass is 399 g/mol. The van der Waals surface area contributed by atoms with Crippen LogP contribution in [0.5, 0.6) is 11.5 Å². The Hall–Kier alpha value is -3.17. The van der Waals surface area contributed by atoms with E-state index < -0.39 is 5.82 Å². The summed E-state index contributed by atoms with van der Waals surface area (Å²) in [6.07, 6.45) is 1.53. The Labute approximate surface area is 166 Å². The largest absolute Gasteiger partial charge is 0.453 e. The molecule has 4 rings (SSSR count). The van der Waals surface area contributed by atoms with E-state index in [1.807, 2.05) is 0 Å². The minimum Gasteiger partial charge on any atom is -0.453 e. The van der Waals surface area contributed by atoms with Crippen molar-refractivity contribution in [3.8, 4) is 11.5 Å². The molecule has 0 aliphatic carbocycles. The summed E-state index contributed by atoms with van der Waals surface area (Å²) in [5.74, 6) is -0.362. The number of H-pyrrole nitrogens is 1. The maximum Gasteiger partial charge on any atom is 0.267 e. The van der Waals surface area contributed by atoms with Crippen molar-refractivity contribution >= 4 is 22.6 Å². The molecule has 152 valence electrons. The van der Waals surface area contributed by atoms with Gasteiger partial charge in [-0.1, -0.05) is 0 Å². The molecule has 3 heterocycles. The quantitative estimate of drug-likeness (QED) is 0.549. The van der Waals surface area contributed by atoms with Gasteiger partial charge in [-0.2, -0.15) is 0 Å². The number of nitrogens with one attached hydrogen (secondary N) is 2. The number of halogens is 1. The van der Waals surface area contributed by atoms with Crippen molar-refractivity contribution in [3.05, 3.63) is 48.0 Å². The highest BCUT2D eigenvalue weighted by Crippen LogP contribution is 2.31. The number of hydrogen-bond acceptors (Lipinski definition) is 6. The van der Waals surface area contributed by atoms with E-state index in [1.54, 1.807) is 18.2 Å². The van der Waals surface area contributed by atoms with Gasteiger partial charge in [0.25, 0.3) is 5.91 Å². The average molecular weight is 399 g/mol. The van der Waals surface area contributed by atoms with Gasteiger partial charge in [0, 0.05) is 44.1 Å². The fourth-order valence-corrected chi connectivity index (χ4v) is 3.18. The van der Waals surface area contributed by atoms with E-state index in [4.69, 9.17) is 15.2 Å². The number of anilines is 1. The van der Waals surface area contributed by atoms with Crippen LogP contribution in [0.25, 0.3) is 11.0 Å². The second-order valence-electron chi connectivity index (χ2n) is 6.76. The first-order valence-electron chi connectivity index (χ1n) is 9.39. The number of pyridine rings is 1. The zero-order chi connectivity index (χ0) is 20.2. The Morgan fingerprint density at radius 2 is 2.10 bits per heavy atom. The molecular formula is C20H22FN5O3. The molecule has 8 nitrogen and oxygen atoms in total. The molecule has 9 heteroatoms. The summed E-state index contributed by atoms with van der Waals surface area (Å²) in [4.78, 5) is 21.9. The lowest BCUT2D eigenvalue weighted by Gasteiger charge is -2.26. The lowest BCUT2D eigenvalue weighted by molar-refractivity contribution is 0.0383. The maximum atomic E-state index is 14.1. The molecule has 0 atom stereocenters. The van der Waals surface area contributed by atoms with Gasteiger partial charge in [-0.3, -0.25) is 9.69 Å². The standard InChI is InChI=1S/C20H22FN5O3/c21-15-11-13(22)1-2-18(15)29-17-3-4-23-19-14(17)12-16(25-19)20(27)24-5-6-26-7-9-28-10-8-26/h1-4,11-12H,5-10,22H2,(H,23,25)(H,24,27). The van der Waals surface area contributed by atoms with Crippen molar-refractivity contribution in [2.45, 2.75) is 0 Å². The summed E-state index contributed by atoms with van der Waals surface area (Å²) < 4.78 is 25.1. The van der Waals surface area contributed by atoms with E-state index in [0.717, 1.165) is 32.8 Å². The van der Waals surface area contributed by atoms with Crippen molar-refractivity contribution in [1.82, 2.24) is 20.2 Å². The van der Waals surface area contributed by atoms with Gasteiger partial charge in [-0.25, -0.2) is 9.37 Å². The normalized spacial score (nSPS) is 14.8. The van der Waals surface area contributed by atoms with Crippen LogP contribution >= 0.6 is 0 Å². The lowest BCUT2D eigenvalue weighted by Crippen LogP contribution is -2.41. The van der Waals surface area contributed by atoms with E-state index in [-0.39, 0.29) is 11.7 Å². The number of ether oxygens (including phenoxy) is 2. The Balaban J connectivity index is 1.45. The Bertz CT molecular complexity index is 1020. The van der Waals surface area contributed by atoms with E-state index in [2.05, 4.69) is 20.2 Å². The van der Waals surface area contributed by atoms with Crippen LogP contribution < -0.4 is 15.8 Å². The third-order valence-corrected chi connectivity index (χ3v) is 4.73. The number of carbonyl (C=O) groups is 1. The first-order valence-corrected chi connectivity index (χ1v) is 9.39. The van der Waals surface area contributed by atoms with Crippen LogP contribution in [0.4, 0.5) is 10.1 Å². The smallest absolute Gasteiger partial charge is 0.267 e. The van der Waals surface area contributed by atoms with Gasteiger partial charge in [-0.15, -0.1) is 0 Å². The van der Waals surface area contributed by atoms with Crippen LogP contribution in [0.1, 0.15) is 10.5 Å². The predicted octanol–water partition coefficient (Wildman–Crippen LogP) is 2.14. The summed E-state index contributed by atoms with van der Waals surface area (Å²) >= 11 is 0. The Kier molecular flexibility index (Phi) is 5.59. The van der Waals surface area contributed by atoms with Crippen molar-refractivity contribution in [3.63, 3.8) is 0 Å². The number of benzene rings is 1. The molecule has 1 fully saturated rings. The molecule has 1 aromatic carbocycles. The van der Waals surface area contributed by atoms with Crippen LogP contribution in [0, 0.1) is 5.82 Å². The van der Waals surface area contributed by atoms with Gasteiger partial charge >= 0.3 is 0 Å². The number of carbonyl (C=O) groups excluding carboxylic acids is 1. The Morgan fingerprint density at radius 3 is 2.90 bits per heavy atom. The summed E-state index contributed by atoms with van der Waals surface area (Å²) in [6, 6.07) is 7.48. The molecule has 3 aromatic rings. The van der Waals surface area contributed by atoms with Crippen molar-refractivity contribution in [2.75, 3.05) is 45.1 Å².